The third-order valence-electron chi connectivity index (χ3n) is 3.01. The van der Waals surface area contributed by atoms with Crippen LogP contribution in [0, 0.1) is 5.92 Å². The Hall–Kier alpha value is -1.59. The molecule has 1 unspecified atom stereocenters. The summed E-state index contributed by atoms with van der Waals surface area (Å²) < 4.78 is 4.87. The van der Waals surface area contributed by atoms with Crippen molar-refractivity contribution in [3.8, 4) is 0 Å². The molecule has 1 atom stereocenters. The monoisotopic (exact) mass is 239 g/mol. The van der Waals surface area contributed by atoms with Crippen LogP contribution >= 0.6 is 0 Å². The normalized spacial score (nSPS) is 23.8. The minimum Gasteiger partial charge on any atom is -0.466 e. The highest BCUT2D eigenvalue weighted by atomic mass is 16.5. The summed E-state index contributed by atoms with van der Waals surface area (Å²) in [5, 5.41) is 0. The Kier molecular flexibility index (Phi) is 3.31. The number of ether oxygens (including phenoxy) is 1. The lowest BCUT2D eigenvalue weighted by Gasteiger charge is -2.23. The van der Waals surface area contributed by atoms with Gasteiger partial charge in [0, 0.05) is 6.54 Å². The molecule has 94 valence electrons. The van der Waals surface area contributed by atoms with E-state index in [1.54, 1.807) is 11.8 Å². The zero-order valence-corrected chi connectivity index (χ0v) is 9.89. The van der Waals surface area contributed by atoms with Crippen LogP contribution in [0.2, 0.25) is 0 Å². The number of rotatable bonds is 5. The van der Waals surface area contributed by atoms with Crippen LogP contribution in [0.3, 0.4) is 0 Å². The van der Waals surface area contributed by atoms with Crippen molar-refractivity contribution in [2.24, 2.45) is 16.6 Å². The maximum Gasteiger partial charge on any atom is 0.345 e. The molecule has 0 radical (unpaired) electrons. The Morgan fingerprint density at radius 1 is 1.59 bits per heavy atom. The Bertz CT molecular complexity index is 363. The number of esters is 1. The highest BCUT2D eigenvalue weighted by Crippen LogP contribution is 2.31. The summed E-state index contributed by atoms with van der Waals surface area (Å²) in [6.07, 6.45) is 2.37. The fourth-order valence-electron chi connectivity index (χ4n) is 1.92. The minimum absolute atomic E-state index is 0.0988. The van der Waals surface area contributed by atoms with Crippen molar-refractivity contribution < 1.29 is 14.3 Å². The average Bonchev–Trinajstić information content (AvgIpc) is 3.02. The van der Waals surface area contributed by atoms with E-state index in [-0.39, 0.29) is 24.3 Å². The van der Waals surface area contributed by atoms with E-state index in [2.05, 4.69) is 4.99 Å². The van der Waals surface area contributed by atoms with Crippen LogP contribution in [0.1, 0.15) is 26.2 Å². The van der Waals surface area contributed by atoms with Crippen LogP contribution in [0.25, 0.3) is 0 Å². The van der Waals surface area contributed by atoms with Gasteiger partial charge in [-0.3, -0.25) is 4.79 Å². The Morgan fingerprint density at radius 2 is 2.29 bits per heavy atom. The third kappa shape index (κ3) is 2.75. The van der Waals surface area contributed by atoms with Gasteiger partial charge >= 0.3 is 12.0 Å². The predicted octanol–water partition coefficient (Wildman–Crippen LogP) is 0.511. The quantitative estimate of drug-likeness (QED) is 0.708. The largest absolute Gasteiger partial charge is 0.466 e. The summed E-state index contributed by atoms with van der Waals surface area (Å²) >= 11 is 0. The van der Waals surface area contributed by atoms with Gasteiger partial charge in [0.05, 0.1) is 13.0 Å². The number of hydrogen-bond donors (Lipinski definition) is 1. The molecule has 6 heteroatoms. The number of carbonyl (C=O) groups excluding carboxylic acids is 2. The standard InChI is InChI=1S/C11H17N3O3/c1-2-17-9(15)5-8-10(12)13-11(16)14(8)6-7-3-4-7/h7-8H,2-6H2,1H3,(H2,12,13,16). The number of amidine groups is 1. The number of nitrogens with zero attached hydrogens (tertiary/aromatic N) is 2. The van der Waals surface area contributed by atoms with Crippen molar-refractivity contribution >= 4 is 17.8 Å². The number of urea groups is 1. The van der Waals surface area contributed by atoms with Crippen LogP contribution in [-0.2, 0) is 9.53 Å². The van der Waals surface area contributed by atoms with Crippen molar-refractivity contribution in [3.63, 3.8) is 0 Å². The summed E-state index contributed by atoms with van der Waals surface area (Å²) in [5.41, 5.74) is 5.68. The van der Waals surface area contributed by atoms with Gasteiger partial charge in [0.1, 0.15) is 11.9 Å². The lowest BCUT2D eigenvalue weighted by Crippen LogP contribution is -2.43. The molecule has 1 aliphatic carbocycles. The number of nitrogens with two attached hydrogens (primary N) is 1. The lowest BCUT2D eigenvalue weighted by molar-refractivity contribution is -0.143. The molecule has 0 saturated heterocycles. The van der Waals surface area contributed by atoms with E-state index in [0.717, 1.165) is 12.8 Å². The Morgan fingerprint density at radius 3 is 2.88 bits per heavy atom. The molecule has 2 amide bonds. The Balaban J connectivity index is 1.98. The summed E-state index contributed by atoms with van der Waals surface area (Å²) in [7, 11) is 0. The molecule has 0 aromatic heterocycles. The van der Waals surface area contributed by atoms with Gasteiger partial charge in [-0.2, -0.15) is 4.99 Å². The molecule has 0 aromatic carbocycles. The predicted molar refractivity (Wildman–Crippen MR) is 61.5 cm³/mol. The van der Waals surface area contributed by atoms with Crippen LogP contribution < -0.4 is 5.73 Å². The fraction of sp³-hybridized carbons (Fsp3) is 0.727. The van der Waals surface area contributed by atoms with Gasteiger partial charge in [0.15, 0.2) is 0 Å². The van der Waals surface area contributed by atoms with Crippen molar-refractivity contribution in [1.29, 1.82) is 0 Å². The molecule has 2 rings (SSSR count). The fourth-order valence-corrected chi connectivity index (χ4v) is 1.92. The first-order valence-corrected chi connectivity index (χ1v) is 5.92. The molecule has 17 heavy (non-hydrogen) atoms. The van der Waals surface area contributed by atoms with Gasteiger partial charge in [-0.05, 0) is 25.7 Å². The summed E-state index contributed by atoms with van der Waals surface area (Å²) in [6, 6.07) is -0.745. The lowest BCUT2D eigenvalue weighted by atomic mass is 10.1. The van der Waals surface area contributed by atoms with Crippen molar-refractivity contribution in [2.45, 2.75) is 32.2 Å². The topological polar surface area (TPSA) is 85.0 Å². The Labute approximate surface area is 99.8 Å². The maximum absolute atomic E-state index is 11.6. The van der Waals surface area contributed by atoms with E-state index < -0.39 is 6.04 Å². The number of hydrogen-bond acceptors (Lipinski definition) is 4. The SMILES string of the molecule is CCOC(=O)CC1C(N)=NC(=O)N1CC1CC1. The van der Waals surface area contributed by atoms with Gasteiger partial charge in [-0.25, -0.2) is 4.79 Å². The number of aliphatic imine (C=N–C) groups is 1. The molecule has 2 N–H and O–H groups in total. The van der Waals surface area contributed by atoms with Gasteiger partial charge in [0.2, 0.25) is 0 Å². The second kappa shape index (κ2) is 4.73. The van der Waals surface area contributed by atoms with Crippen LogP contribution in [0.15, 0.2) is 4.99 Å². The van der Waals surface area contributed by atoms with Gasteiger partial charge in [-0.1, -0.05) is 0 Å². The zero-order chi connectivity index (χ0) is 12.4. The van der Waals surface area contributed by atoms with E-state index in [9.17, 15) is 9.59 Å². The molecule has 0 bridgehead atoms. The third-order valence-corrected chi connectivity index (χ3v) is 3.01. The molecule has 0 aromatic rings. The molecule has 0 spiro atoms. The van der Waals surface area contributed by atoms with E-state index in [4.69, 9.17) is 10.5 Å². The molecule has 2 aliphatic rings. The van der Waals surface area contributed by atoms with E-state index in [1.165, 1.54) is 0 Å². The van der Waals surface area contributed by atoms with Gasteiger partial charge in [-0.15, -0.1) is 0 Å². The maximum atomic E-state index is 11.6. The molecular formula is C11H17N3O3. The molecule has 1 heterocycles. The summed E-state index contributed by atoms with van der Waals surface area (Å²) in [4.78, 5) is 28.3. The average molecular weight is 239 g/mol. The van der Waals surface area contributed by atoms with Crippen LogP contribution in [-0.4, -0.2) is 41.9 Å². The van der Waals surface area contributed by atoms with Crippen molar-refractivity contribution in [2.75, 3.05) is 13.2 Å². The second-order valence-electron chi connectivity index (χ2n) is 4.44. The first-order chi connectivity index (χ1) is 8.11. The zero-order valence-electron chi connectivity index (χ0n) is 9.89. The highest BCUT2D eigenvalue weighted by Gasteiger charge is 2.38. The number of carbonyl (C=O) groups is 2. The first-order valence-electron chi connectivity index (χ1n) is 5.92. The van der Waals surface area contributed by atoms with E-state index in [0.29, 0.717) is 19.1 Å². The molecule has 1 fully saturated rings. The van der Waals surface area contributed by atoms with Crippen molar-refractivity contribution in [1.82, 2.24) is 4.90 Å². The summed E-state index contributed by atoms with van der Waals surface area (Å²) in [5.74, 6) is 0.430. The smallest absolute Gasteiger partial charge is 0.345 e. The van der Waals surface area contributed by atoms with Gasteiger partial charge < -0.3 is 15.4 Å². The van der Waals surface area contributed by atoms with E-state index >= 15 is 0 Å². The van der Waals surface area contributed by atoms with E-state index in [1.807, 2.05) is 0 Å². The minimum atomic E-state index is -0.415. The molecule has 1 saturated carbocycles. The van der Waals surface area contributed by atoms with Crippen LogP contribution in [0.5, 0.6) is 0 Å². The summed E-state index contributed by atoms with van der Waals surface area (Å²) in [6.45, 7) is 2.73. The second-order valence-corrected chi connectivity index (χ2v) is 4.44. The first kappa shape index (κ1) is 11.9. The van der Waals surface area contributed by atoms with Crippen LogP contribution in [0.4, 0.5) is 4.79 Å². The van der Waals surface area contributed by atoms with Crippen molar-refractivity contribution in [3.05, 3.63) is 0 Å². The highest BCUT2D eigenvalue weighted by molar-refractivity contribution is 6.04. The number of amides is 2. The molecular weight excluding hydrogens is 222 g/mol. The van der Waals surface area contributed by atoms with Gasteiger partial charge in [0.25, 0.3) is 0 Å². The molecule has 1 aliphatic heterocycles. The molecule has 6 nitrogen and oxygen atoms in total.